The maximum atomic E-state index is 12.1. The molecule has 0 saturated heterocycles. The van der Waals surface area contributed by atoms with Crippen LogP contribution in [0.25, 0.3) is 0 Å². The summed E-state index contributed by atoms with van der Waals surface area (Å²) in [4.78, 5) is 24.1. The van der Waals surface area contributed by atoms with Gasteiger partial charge in [0.1, 0.15) is 0 Å². The minimum atomic E-state index is 0.157. The summed E-state index contributed by atoms with van der Waals surface area (Å²) < 4.78 is 0. The Morgan fingerprint density at radius 2 is 1.19 bits per heavy atom. The van der Waals surface area contributed by atoms with Gasteiger partial charge in [-0.3, -0.25) is 9.59 Å². The molecular formula is C22H44N2O2Ti. The van der Waals surface area contributed by atoms with Crippen molar-refractivity contribution in [3.05, 3.63) is 0 Å². The van der Waals surface area contributed by atoms with Gasteiger partial charge in [0, 0.05) is 24.9 Å². The molecule has 0 spiro atoms. The Kier molecular flexibility index (Phi) is 15.4. The van der Waals surface area contributed by atoms with Crippen LogP contribution in [0.4, 0.5) is 0 Å². The van der Waals surface area contributed by atoms with Crippen molar-refractivity contribution in [1.82, 2.24) is 10.6 Å². The van der Waals surface area contributed by atoms with Gasteiger partial charge in [0.2, 0.25) is 11.8 Å². The van der Waals surface area contributed by atoms with Gasteiger partial charge in [-0.1, -0.05) is 40.5 Å². The number of nitrogens with one attached hydrogen (secondary N) is 2. The van der Waals surface area contributed by atoms with Crippen molar-refractivity contribution in [2.45, 2.75) is 121 Å². The minimum absolute atomic E-state index is 0.157. The van der Waals surface area contributed by atoms with E-state index in [0.29, 0.717) is 32.0 Å². The van der Waals surface area contributed by atoms with E-state index in [2.05, 4.69) is 34.9 Å². The molecule has 0 aromatic heterocycles. The van der Waals surface area contributed by atoms with Crippen LogP contribution in [0.15, 0.2) is 0 Å². The molecule has 1 rings (SSSR count). The zero-order valence-corrected chi connectivity index (χ0v) is 20.3. The molecule has 1 fully saturated rings. The molecule has 0 bridgehead atoms. The third kappa shape index (κ3) is 11.3. The molecule has 0 aliphatic heterocycles. The molecule has 5 heteroatoms. The van der Waals surface area contributed by atoms with Gasteiger partial charge >= 0.3 is 29.6 Å². The SMILES string of the molecule is CCCC(=O)NC1CC(NC(=O)CCC)CC(CCC)(CCC)C1.[CH3][Ti][CH3]. The number of rotatable bonds is 10. The Morgan fingerprint density at radius 3 is 1.48 bits per heavy atom. The Bertz CT molecular complexity index is 379. The molecule has 2 unspecified atom stereocenters. The molecule has 4 nitrogen and oxygen atoms in total. The third-order valence-corrected chi connectivity index (χ3v) is 5.17. The summed E-state index contributed by atoms with van der Waals surface area (Å²) in [5.74, 6) is 0.315. The van der Waals surface area contributed by atoms with E-state index in [1.54, 1.807) is 0 Å². The zero-order valence-electron chi connectivity index (χ0n) is 18.7. The van der Waals surface area contributed by atoms with Crippen LogP contribution >= 0.6 is 0 Å². The molecule has 1 saturated carbocycles. The van der Waals surface area contributed by atoms with Crippen molar-refractivity contribution in [1.29, 1.82) is 0 Å². The van der Waals surface area contributed by atoms with Gasteiger partial charge in [0.05, 0.1) is 0 Å². The zero-order chi connectivity index (χ0) is 20.7. The van der Waals surface area contributed by atoms with Crippen molar-refractivity contribution in [3.63, 3.8) is 0 Å². The van der Waals surface area contributed by atoms with E-state index < -0.39 is 0 Å². The van der Waals surface area contributed by atoms with E-state index in [9.17, 15) is 9.59 Å². The molecule has 0 aromatic carbocycles. The summed E-state index contributed by atoms with van der Waals surface area (Å²) in [6.45, 7) is 8.54. The topological polar surface area (TPSA) is 58.2 Å². The van der Waals surface area contributed by atoms with Crippen LogP contribution < -0.4 is 10.6 Å². The fourth-order valence-corrected chi connectivity index (χ4v) is 4.51. The van der Waals surface area contributed by atoms with Gasteiger partial charge in [-0.15, -0.1) is 0 Å². The molecule has 0 heterocycles. The average Bonchev–Trinajstić information content (AvgIpc) is 2.56. The van der Waals surface area contributed by atoms with E-state index in [1.807, 2.05) is 13.8 Å². The van der Waals surface area contributed by atoms with Gasteiger partial charge in [-0.05, 0) is 50.4 Å². The maximum absolute atomic E-state index is 12.1. The fraction of sp³-hybridized carbons (Fsp3) is 0.909. The second kappa shape index (κ2) is 15.6. The van der Waals surface area contributed by atoms with Gasteiger partial charge in [-0.25, -0.2) is 0 Å². The molecule has 27 heavy (non-hydrogen) atoms. The van der Waals surface area contributed by atoms with Crippen molar-refractivity contribution in [2.75, 3.05) is 0 Å². The monoisotopic (exact) mass is 416 g/mol. The number of hydrogen-bond donors (Lipinski definition) is 2. The number of carbonyl (C=O) groups excluding carboxylic acids is 2. The summed E-state index contributed by atoms with van der Waals surface area (Å²) >= 11 is 0.500. The summed E-state index contributed by atoms with van der Waals surface area (Å²) in [6, 6.07) is 0.394. The first-order valence-electron chi connectivity index (χ1n) is 11.1. The van der Waals surface area contributed by atoms with Crippen LogP contribution in [-0.4, -0.2) is 23.9 Å². The Labute approximate surface area is 177 Å². The molecule has 158 valence electrons. The predicted octanol–water partition coefficient (Wildman–Crippen LogP) is 5.49. The normalized spacial score (nSPS) is 20.8. The van der Waals surface area contributed by atoms with Crippen LogP contribution in [0.2, 0.25) is 10.5 Å². The number of hydrogen-bond acceptors (Lipinski definition) is 2. The van der Waals surface area contributed by atoms with Gasteiger partial charge in [-0.2, -0.15) is 0 Å². The van der Waals surface area contributed by atoms with Crippen LogP contribution in [-0.2, 0) is 28.7 Å². The van der Waals surface area contributed by atoms with Crippen LogP contribution in [0, 0.1) is 5.41 Å². The van der Waals surface area contributed by atoms with E-state index in [4.69, 9.17) is 0 Å². The Balaban J connectivity index is 0.00000210. The summed E-state index contributed by atoms with van der Waals surface area (Å²) in [6.07, 6.45) is 10.6. The second-order valence-electron chi connectivity index (χ2n) is 8.17. The summed E-state index contributed by atoms with van der Waals surface area (Å²) in [7, 11) is 0. The summed E-state index contributed by atoms with van der Waals surface area (Å²) in [5, 5.41) is 11.0. The molecular weight excluding hydrogens is 372 g/mol. The van der Waals surface area contributed by atoms with Gasteiger partial charge in [0.25, 0.3) is 0 Å². The molecule has 0 aromatic rings. The molecule has 1 aliphatic carbocycles. The second-order valence-corrected chi connectivity index (χ2v) is 9.73. The van der Waals surface area contributed by atoms with E-state index in [0.717, 1.165) is 44.9 Å². The van der Waals surface area contributed by atoms with Gasteiger partial charge in [0.15, 0.2) is 0 Å². The van der Waals surface area contributed by atoms with Crippen LogP contribution in [0.1, 0.15) is 98.3 Å². The predicted molar refractivity (Wildman–Crippen MR) is 112 cm³/mol. The van der Waals surface area contributed by atoms with Gasteiger partial charge < -0.3 is 10.6 Å². The quantitative estimate of drug-likeness (QED) is 0.463. The molecule has 0 radical (unpaired) electrons. The molecule has 1 aliphatic rings. The van der Waals surface area contributed by atoms with Crippen molar-refractivity contribution >= 4 is 11.8 Å². The Morgan fingerprint density at radius 1 is 0.815 bits per heavy atom. The first-order chi connectivity index (χ1) is 12.9. The number of carbonyl (C=O) groups is 2. The first kappa shape index (κ1) is 26.7. The van der Waals surface area contributed by atoms with Crippen molar-refractivity contribution in [3.8, 4) is 0 Å². The molecule has 2 N–H and O–H groups in total. The first-order valence-corrected chi connectivity index (χ1v) is 14.2. The van der Waals surface area contributed by atoms with E-state index in [1.165, 1.54) is 12.8 Å². The standard InChI is InChI=1S/C20H38N2O2.2CH3.Ti/c1-5-9-18(23)21-16-13-17(22-19(24)10-6-2)15-20(14-16,11-7-3)12-8-4;;;/h16-17H,5-15H2,1-4H3,(H,21,23)(H,22,24);2*1H3;. The third-order valence-electron chi connectivity index (χ3n) is 5.17. The van der Waals surface area contributed by atoms with Crippen LogP contribution in [0.5, 0.6) is 0 Å². The van der Waals surface area contributed by atoms with Crippen molar-refractivity contribution < 1.29 is 28.7 Å². The fourth-order valence-electron chi connectivity index (χ4n) is 4.51. The Hall–Kier alpha value is -0.346. The van der Waals surface area contributed by atoms with Crippen molar-refractivity contribution in [2.24, 2.45) is 5.41 Å². The van der Waals surface area contributed by atoms with E-state index >= 15 is 0 Å². The van der Waals surface area contributed by atoms with E-state index in [-0.39, 0.29) is 29.3 Å². The van der Waals surface area contributed by atoms with Crippen LogP contribution in [0.3, 0.4) is 0 Å². The molecule has 2 amide bonds. The number of amides is 2. The summed E-state index contributed by atoms with van der Waals surface area (Å²) in [5.41, 5.74) is 0.260. The average molecular weight is 416 g/mol. The molecule has 2 atom stereocenters.